The first-order chi connectivity index (χ1) is 10.8. The Bertz CT molecular complexity index is 563. The van der Waals surface area contributed by atoms with Gasteiger partial charge in [-0.1, -0.05) is 30.3 Å². The smallest absolute Gasteiger partial charge is 0.336 e. The van der Waals surface area contributed by atoms with Crippen molar-refractivity contribution in [3.05, 3.63) is 35.9 Å². The lowest BCUT2D eigenvalue weighted by atomic mass is 9.92. The Labute approximate surface area is 133 Å². The largest absolute Gasteiger partial charge is 0.480 e. The lowest BCUT2D eigenvalue weighted by molar-refractivity contribution is -0.155. The van der Waals surface area contributed by atoms with Gasteiger partial charge in [-0.05, 0) is 24.8 Å². The van der Waals surface area contributed by atoms with Gasteiger partial charge in [-0.15, -0.1) is 0 Å². The lowest BCUT2D eigenvalue weighted by Crippen LogP contribution is -2.58. The van der Waals surface area contributed by atoms with Gasteiger partial charge in [0.25, 0.3) is 0 Å². The average Bonchev–Trinajstić information content (AvgIpc) is 2.52. The van der Waals surface area contributed by atoms with E-state index in [1.54, 1.807) is 24.3 Å². The van der Waals surface area contributed by atoms with Gasteiger partial charge in [-0.3, -0.25) is 9.59 Å². The molecule has 126 valence electrons. The average molecular weight is 323 g/mol. The minimum absolute atomic E-state index is 0.0411. The molecule has 0 radical (unpaired) electrons. The Morgan fingerprint density at radius 3 is 2.35 bits per heavy atom. The van der Waals surface area contributed by atoms with Gasteiger partial charge in [0.2, 0.25) is 5.91 Å². The summed E-state index contributed by atoms with van der Waals surface area (Å²) in [6, 6.07) is 7.78. The number of carboxylic acids is 1. The Balaban J connectivity index is 2.62. The molecule has 0 aliphatic carbocycles. The molecular weight excluding hydrogens is 302 g/mol. The van der Waals surface area contributed by atoms with Gasteiger partial charge in [0, 0.05) is 0 Å². The molecule has 1 rings (SSSR count). The fourth-order valence-electron chi connectivity index (χ4n) is 1.90. The second-order valence-electron chi connectivity index (χ2n) is 5.23. The molecule has 1 amide bonds. The highest BCUT2D eigenvalue weighted by molar-refractivity contribution is 6.06. The second kappa shape index (κ2) is 8.25. The van der Waals surface area contributed by atoms with Crippen LogP contribution in [-0.4, -0.2) is 34.5 Å². The standard InChI is InChI=1S/C15H21N3O5/c16-11(12(19)20)7-4-8-15(18,13(17)21)14(22)23-9-10-5-2-1-3-6-10/h1-3,5-6,11H,4,7-9,16,18H2,(H2,17,21)(H,19,20). The first-order valence-corrected chi connectivity index (χ1v) is 7.05. The number of hydrogen-bond acceptors (Lipinski definition) is 6. The molecule has 0 saturated carbocycles. The van der Waals surface area contributed by atoms with Crippen molar-refractivity contribution >= 4 is 17.8 Å². The van der Waals surface area contributed by atoms with E-state index in [2.05, 4.69) is 0 Å². The number of carboxylic acid groups (broad SMARTS) is 1. The summed E-state index contributed by atoms with van der Waals surface area (Å²) in [5.41, 5.74) is 15.1. The number of nitrogens with two attached hydrogens (primary N) is 3. The zero-order valence-electron chi connectivity index (χ0n) is 12.6. The summed E-state index contributed by atoms with van der Waals surface area (Å²) in [6.07, 6.45) is 0.0673. The molecule has 0 bridgehead atoms. The number of hydrogen-bond donors (Lipinski definition) is 4. The van der Waals surface area contributed by atoms with Crippen LogP contribution in [0, 0.1) is 0 Å². The number of ether oxygens (including phenoxy) is 1. The summed E-state index contributed by atoms with van der Waals surface area (Å²) < 4.78 is 5.05. The topological polar surface area (TPSA) is 159 Å². The van der Waals surface area contributed by atoms with Gasteiger partial charge in [0.05, 0.1) is 0 Å². The van der Waals surface area contributed by atoms with Crippen molar-refractivity contribution in [3.63, 3.8) is 0 Å². The molecule has 0 aliphatic rings. The Morgan fingerprint density at radius 2 is 1.83 bits per heavy atom. The molecule has 23 heavy (non-hydrogen) atoms. The third-order valence-electron chi connectivity index (χ3n) is 3.42. The number of aliphatic carboxylic acids is 1. The summed E-state index contributed by atoms with van der Waals surface area (Å²) in [6.45, 7) is -0.0411. The number of primary amides is 1. The van der Waals surface area contributed by atoms with E-state index in [0.717, 1.165) is 5.56 Å². The number of benzene rings is 1. The second-order valence-corrected chi connectivity index (χ2v) is 5.23. The van der Waals surface area contributed by atoms with Crippen LogP contribution in [0.5, 0.6) is 0 Å². The van der Waals surface area contributed by atoms with Gasteiger partial charge >= 0.3 is 11.9 Å². The highest BCUT2D eigenvalue weighted by Gasteiger charge is 2.41. The molecule has 0 saturated heterocycles. The van der Waals surface area contributed by atoms with Crippen LogP contribution < -0.4 is 17.2 Å². The van der Waals surface area contributed by atoms with E-state index in [0.29, 0.717) is 0 Å². The van der Waals surface area contributed by atoms with Crippen LogP contribution >= 0.6 is 0 Å². The molecule has 1 aromatic carbocycles. The molecule has 8 nitrogen and oxygen atoms in total. The van der Waals surface area contributed by atoms with Crippen molar-refractivity contribution < 1.29 is 24.2 Å². The molecule has 0 spiro atoms. The fraction of sp³-hybridized carbons (Fsp3) is 0.400. The number of amides is 1. The van der Waals surface area contributed by atoms with Gasteiger partial charge in [0.15, 0.2) is 5.54 Å². The maximum atomic E-state index is 12.1. The number of rotatable bonds is 9. The summed E-state index contributed by atoms with van der Waals surface area (Å²) in [5.74, 6) is -3.14. The summed E-state index contributed by atoms with van der Waals surface area (Å²) >= 11 is 0. The van der Waals surface area contributed by atoms with Crippen LogP contribution in [0.1, 0.15) is 24.8 Å². The van der Waals surface area contributed by atoms with Gasteiger partial charge in [-0.25, -0.2) is 4.79 Å². The van der Waals surface area contributed by atoms with Crippen molar-refractivity contribution in [3.8, 4) is 0 Å². The third-order valence-corrected chi connectivity index (χ3v) is 3.42. The van der Waals surface area contributed by atoms with Gasteiger partial charge in [-0.2, -0.15) is 0 Å². The van der Waals surface area contributed by atoms with Crippen molar-refractivity contribution in [2.45, 2.75) is 37.5 Å². The van der Waals surface area contributed by atoms with E-state index in [9.17, 15) is 14.4 Å². The maximum Gasteiger partial charge on any atom is 0.336 e. The lowest BCUT2D eigenvalue weighted by Gasteiger charge is -2.24. The van der Waals surface area contributed by atoms with Crippen LogP contribution in [0.2, 0.25) is 0 Å². The van der Waals surface area contributed by atoms with Crippen molar-refractivity contribution in [2.75, 3.05) is 0 Å². The minimum Gasteiger partial charge on any atom is -0.480 e. The zero-order chi connectivity index (χ0) is 17.5. The summed E-state index contributed by atoms with van der Waals surface area (Å²) in [5, 5.41) is 8.70. The normalized spacial score (nSPS) is 14.5. The van der Waals surface area contributed by atoms with Gasteiger partial charge < -0.3 is 27.0 Å². The molecule has 0 aromatic heterocycles. The molecule has 2 atom stereocenters. The summed E-state index contributed by atoms with van der Waals surface area (Å²) in [7, 11) is 0. The van der Waals surface area contributed by atoms with Crippen molar-refractivity contribution in [1.29, 1.82) is 0 Å². The van der Waals surface area contributed by atoms with Crippen molar-refractivity contribution in [2.24, 2.45) is 17.2 Å². The highest BCUT2D eigenvalue weighted by Crippen LogP contribution is 2.15. The molecule has 7 N–H and O–H groups in total. The Kier molecular flexibility index (Phi) is 6.67. The highest BCUT2D eigenvalue weighted by atomic mass is 16.5. The Hall–Kier alpha value is -2.45. The fourth-order valence-corrected chi connectivity index (χ4v) is 1.90. The molecular formula is C15H21N3O5. The van der Waals surface area contributed by atoms with Crippen LogP contribution in [0.25, 0.3) is 0 Å². The molecule has 1 aromatic rings. The monoisotopic (exact) mass is 323 g/mol. The van der Waals surface area contributed by atoms with E-state index in [1.165, 1.54) is 0 Å². The van der Waals surface area contributed by atoms with Crippen molar-refractivity contribution in [1.82, 2.24) is 0 Å². The van der Waals surface area contributed by atoms with E-state index in [-0.39, 0.29) is 25.9 Å². The maximum absolute atomic E-state index is 12.1. The molecule has 0 heterocycles. The SMILES string of the molecule is NC(=O)C(N)(CCCC(N)C(=O)O)C(=O)OCc1ccccc1. The van der Waals surface area contributed by atoms with Crippen LogP contribution in [0.3, 0.4) is 0 Å². The summed E-state index contributed by atoms with van der Waals surface area (Å²) in [4.78, 5) is 34.3. The van der Waals surface area contributed by atoms with E-state index in [1.807, 2.05) is 6.07 Å². The molecule has 0 aliphatic heterocycles. The molecule has 8 heteroatoms. The Morgan fingerprint density at radius 1 is 1.22 bits per heavy atom. The first-order valence-electron chi connectivity index (χ1n) is 7.05. The van der Waals surface area contributed by atoms with Crippen LogP contribution in [0.15, 0.2) is 30.3 Å². The molecule has 2 unspecified atom stereocenters. The number of esters is 1. The first kappa shape index (κ1) is 18.6. The zero-order valence-corrected chi connectivity index (χ0v) is 12.6. The van der Waals surface area contributed by atoms with Gasteiger partial charge in [0.1, 0.15) is 12.6 Å². The molecule has 0 fully saturated rings. The number of carbonyl (C=O) groups excluding carboxylic acids is 2. The predicted octanol–water partition coefficient (Wildman–Crippen LogP) is -0.505. The van der Waals surface area contributed by atoms with Crippen LogP contribution in [-0.2, 0) is 25.7 Å². The van der Waals surface area contributed by atoms with E-state index in [4.69, 9.17) is 27.0 Å². The van der Waals surface area contributed by atoms with E-state index < -0.39 is 29.4 Å². The quantitative estimate of drug-likeness (QED) is 0.352. The van der Waals surface area contributed by atoms with Crippen LogP contribution in [0.4, 0.5) is 0 Å². The number of carbonyl (C=O) groups is 3. The third kappa shape index (κ3) is 5.35. The van der Waals surface area contributed by atoms with E-state index >= 15 is 0 Å². The minimum atomic E-state index is -2.01. The predicted molar refractivity (Wildman–Crippen MR) is 81.8 cm³/mol.